The van der Waals surface area contributed by atoms with Crippen LogP contribution in [0.4, 0.5) is 13.2 Å². The fourth-order valence-corrected chi connectivity index (χ4v) is 2.72. The summed E-state index contributed by atoms with van der Waals surface area (Å²) in [6.45, 7) is 0. The minimum absolute atomic E-state index is 0.435. The van der Waals surface area contributed by atoms with E-state index in [2.05, 4.69) is 26.1 Å². The van der Waals surface area contributed by atoms with E-state index in [1.54, 1.807) is 0 Å². The quantitative estimate of drug-likeness (QED) is 0.843. The number of primary sulfonamides is 1. The summed E-state index contributed by atoms with van der Waals surface area (Å²) in [4.78, 5) is 1.98. The Morgan fingerprint density at radius 3 is 2.40 bits per heavy atom. The summed E-state index contributed by atoms with van der Waals surface area (Å²) in [5.74, 6) is -1.22. The monoisotopic (exact) mass is 304 g/mol. The number of sulfonamides is 1. The van der Waals surface area contributed by atoms with Crippen molar-refractivity contribution in [1.82, 2.24) is 4.98 Å². The van der Waals surface area contributed by atoms with E-state index in [1.807, 2.05) is 0 Å². The average Bonchev–Trinajstić information content (AvgIpc) is 2.06. The van der Waals surface area contributed by atoms with E-state index in [0.717, 1.165) is 0 Å². The molecule has 1 aromatic rings. The van der Waals surface area contributed by atoms with E-state index in [-0.39, 0.29) is 0 Å². The Morgan fingerprint density at radius 2 is 2.00 bits per heavy atom. The van der Waals surface area contributed by atoms with E-state index in [4.69, 9.17) is 0 Å². The van der Waals surface area contributed by atoms with Gasteiger partial charge in [-0.15, -0.1) is 0 Å². The maximum Gasteiger partial charge on any atom is 0.266 e. The molecule has 0 aliphatic carbocycles. The first-order valence-electron chi connectivity index (χ1n) is 3.40. The van der Waals surface area contributed by atoms with Crippen LogP contribution in [0.1, 0.15) is 12.0 Å². The van der Waals surface area contributed by atoms with Gasteiger partial charge in [-0.2, -0.15) is 4.39 Å². The first-order valence-corrected chi connectivity index (χ1v) is 5.74. The summed E-state index contributed by atoms with van der Waals surface area (Å²) >= 11 is 2.51. The third-order valence-corrected chi connectivity index (χ3v) is 3.47. The van der Waals surface area contributed by atoms with Gasteiger partial charge < -0.3 is 0 Å². The molecule has 0 radical (unpaired) electrons. The van der Waals surface area contributed by atoms with Gasteiger partial charge in [0.05, 0.1) is 10.0 Å². The molecule has 2 N–H and O–H groups in total. The molecule has 0 atom stereocenters. The van der Waals surface area contributed by atoms with Crippen LogP contribution in [0.3, 0.4) is 0 Å². The summed E-state index contributed by atoms with van der Waals surface area (Å²) in [5, 5.41) is 4.68. The molecule has 1 aromatic heterocycles. The highest BCUT2D eigenvalue weighted by atomic mass is 79.9. The maximum absolute atomic E-state index is 12.8. The van der Waals surface area contributed by atoms with Crippen LogP contribution in [-0.2, 0) is 10.0 Å². The van der Waals surface area contributed by atoms with Gasteiger partial charge in [0, 0.05) is 6.20 Å². The van der Waals surface area contributed by atoms with Gasteiger partial charge in [-0.05, 0) is 15.9 Å². The Hall–Kier alpha value is -0.670. The number of hydrogen-bond donors (Lipinski definition) is 1. The van der Waals surface area contributed by atoms with Crippen molar-refractivity contribution >= 4 is 26.0 Å². The van der Waals surface area contributed by atoms with Gasteiger partial charge >= 0.3 is 0 Å². The summed E-state index contributed by atoms with van der Waals surface area (Å²) in [6, 6.07) is 0. The van der Waals surface area contributed by atoms with Gasteiger partial charge in [0.2, 0.25) is 16.0 Å². The predicted molar refractivity (Wildman–Crippen MR) is 48.2 cm³/mol. The van der Waals surface area contributed by atoms with Crippen LogP contribution < -0.4 is 5.14 Å². The van der Waals surface area contributed by atoms with Gasteiger partial charge in [0.15, 0.2) is 0 Å². The second kappa shape index (κ2) is 4.06. The molecule has 0 aliphatic rings. The molecule has 0 amide bonds. The van der Waals surface area contributed by atoms with Crippen molar-refractivity contribution < 1.29 is 21.6 Å². The van der Waals surface area contributed by atoms with E-state index < -0.39 is 37.3 Å². The number of nitrogens with two attached hydrogens (primary N) is 1. The molecule has 0 spiro atoms. The van der Waals surface area contributed by atoms with E-state index in [9.17, 15) is 21.6 Å². The van der Waals surface area contributed by atoms with Gasteiger partial charge in [0.1, 0.15) is 4.90 Å². The molecule has 0 unspecified atom stereocenters. The highest BCUT2D eigenvalue weighted by Gasteiger charge is 2.26. The van der Waals surface area contributed by atoms with Crippen LogP contribution in [-0.4, -0.2) is 13.4 Å². The smallest absolute Gasteiger partial charge is 0.227 e. The molecule has 0 fully saturated rings. The first-order chi connectivity index (χ1) is 6.75. The maximum atomic E-state index is 12.8. The van der Waals surface area contributed by atoms with Crippen molar-refractivity contribution in [3.05, 3.63) is 22.2 Å². The number of alkyl halides is 2. The fraction of sp³-hybridized carbons (Fsp3) is 0.167. The Bertz CT molecular complexity index is 491. The van der Waals surface area contributed by atoms with Crippen LogP contribution in [0, 0.1) is 5.95 Å². The lowest BCUT2D eigenvalue weighted by Gasteiger charge is -2.08. The van der Waals surface area contributed by atoms with E-state index in [1.165, 1.54) is 0 Å². The summed E-state index contributed by atoms with van der Waals surface area (Å²) in [6.07, 6.45) is -2.67. The number of rotatable bonds is 2. The Balaban J connectivity index is 3.65. The van der Waals surface area contributed by atoms with Crippen LogP contribution in [0.5, 0.6) is 0 Å². The third kappa shape index (κ3) is 2.47. The molecule has 1 heterocycles. The van der Waals surface area contributed by atoms with Crippen molar-refractivity contribution in [3.8, 4) is 0 Å². The SMILES string of the molecule is NS(=O)(=O)c1c(C(F)F)cnc(F)c1Br. The zero-order chi connectivity index (χ0) is 11.8. The number of nitrogens with zero attached hydrogens (tertiary/aromatic N) is 1. The van der Waals surface area contributed by atoms with Crippen molar-refractivity contribution in [3.63, 3.8) is 0 Å². The molecular weight excluding hydrogens is 301 g/mol. The van der Waals surface area contributed by atoms with Gasteiger partial charge in [-0.1, -0.05) is 0 Å². The molecule has 15 heavy (non-hydrogen) atoms. The number of hydrogen-bond acceptors (Lipinski definition) is 3. The molecule has 9 heteroatoms. The number of halogens is 4. The van der Waals surface area contributed by atoms with Gasteiger partial charge in [-0.25, -0.2) is 27.3 Å². The summed E-state index contributed by atoms with van der Waals surface area (Å²) in [5.41, 5.74) is -0.939. The second-order valence-corrected chi connectivity index (χ2v) is 4.78. The Morgan fingerprint density at radius 1 is 1.47 bits per heavy atom. The van der Waals surface area contributed by atoms with Crippen molar-refractivity contribution in [1.29, 1.82) is 0 Å². The molecule has 4 nitrogen and oxygen atoms in total. The number of pyridine rings is 1. The van der Waals surface area contributed by atoms with E-state index in [0.29, 0.717) is 6.20 Å². The minimum Gasteiger partial charge on any atom is -0.227 e. The molecule has 0 saturated heterocycles. The van der Waals surface area contributed by atoms with E-state index >= 15 is 0 Å². The Labute approximate surface area is 91.5 Å². The van der Waals surface area contributed by atoms with Gasteiger partial charge in [-0.3, -0.25) is 0 Å². The molecule has 0 aromatic carbocycles. The van der Waals surface area contributed by atoms with Crippen LogP contribution >= 0.6 is 15.9 Å². The van der Waals surface area contributed by atoms with Crippen molar-refractivity contribution in [2.24, 2.45) is 5.14 Å². The van der Waals surface area contributed by atoms with Crippen LogP contribution in [0.25, 0.3) is 0 Å². The topological polar surface area (TPSA) is 73.1 Å². The molecule has 0 aliphatic heterocycles. The summed E-state index contributed by atoms with van der Waals surface area (Å²) in [7, 11) is -4.44. The highest BCUT2D eigenvalue weighted by molar-refractivity contribution is 9.10. The minimum atomic E-state index is -4.44. The molecule has 0 bridgehead atoms. The highest BCUT2D eigenvalue weighted by Crippen LogP contribution is 2.31. The normalized spacial score (nSPS) is 12.1. The standard InChI is InChI=1S/C6H4BrF3N2O2S/c7-3-4(15(11,13)14)2(5(8)9)1-12-6(3)10/h1,5H,(H2,11,13,14). The van der Waals surface area contributed by atoms with Gasteiger partial charge in [0.25, 0.3) is 6.43 Å². The molecule has 1 rings (SSSR count). The molecule has 84 valence electrons. The van der Waals surface area contributed by atoms with Crippen LogP contribution in [0.15, 0.2) is 15.6 Å². The zero-order valence-corrected chi connectivity index (χ0v) is 9.32. The third-order valence-electron chi connectivity index (χ3n) is 1.48. The number of aromatic nitrogens is 1. The average molecular weight is 305 g/mol. The second-order valence-electron chi connectivity index (χ2n) is 2.49. The first kappa shape index (κ1) is 12.4. The van der Waals surface area contributed by atoms with Crippen molar-refractivity contribution in [2.75, 3.05) is 0 Å². The Kier molecular flexibility index (Phi) is 3.36. The van der Waals surface area contributed by atoms with Crippen molar-refractivity contribution in [2.45, 2.75) is 11.3 Å². The molecular formula is C6H4BrF3N2O2S. The largest absolute Gasteiger partial charge is 0.266 e. The fourth-order valence-electron chi connectivity index (χ4n) is 0.907. The summed E-state index contributed by atoms with van der Waals surface area (Å²) < 4.78 is 58.8. The zero-order valence-electron chi connectivity index (χ0n) is 6.92. The predicted octanol–water partition coefficient (Wildman–Crippen LogP) is 1.57. The van der Waals surface area contributed by atoms with Crippen LogP contribution in [0.2, 0.25) is 0 Å². The lowest BCUT2D eigenvalue weighted by atomic mass is 10.3. The lowest BCUT2D eigenvalue weighted by Crippen LogP contribution is -2.17. The lowest BCUT2D eigenvalue weighted by molar-refractivity contribution is 0.147. The molecule has 0 saturated carbocycles.